The standard InChI is InChI=1S/C18H17Cl2F2N5O2/c19-10-3-9(4-11(20)5-10)15-14(16(23)28)13-8-26(1-2-27(13)25-15)17(29)24-12-6-18(21,22)7-12/h3-5,12H,1-2,6-8H2,(H2,23,28)(H,24,29). The van der Waals surface area contributed by atoms with E-state index < -0.39 is 23.9 Å². The van der Waals surface area contributed by atoms with Crippen LogP contribution in [-0.2, 0) is 13.1 Å². The number of hydrogen-bond donors (Lipinski definition) is 2. The van der Waals surface area contributed by atoms with Gasteiger partial charge in [0.15, 0.2) is 0 Å². The Morgan fingerprint density at radius 3 is 2.41 bits per heavy atom. The quantitative estimate of drug-likeness (QED) is 0.761. The number of nitrogens with one attached hydrogen (secondary N) is 1. The average Bonchev–Trinajstić information content (AvgIpc) is 2.98. The van der Waals surface area contributed by atoms with Crippen molar-refractivity contribution >= 4 is 35.1 Å². The molecule has 0 spiro atoms. The predicted octanol–water partition coefficient (Wildman–Crippen LogP) is 3.28. The minimum Gasteiger partial charge on any atom is -0.365 e. The number of alkyl halides is 2. The summed E-state index contributed by atoms with van der Waals surface area (Å²) in [6.07, 6.45) is -0.729. The Balaban J connectivity index is 1.60. The van der Waals surface area contributed by atoms with E-state index in [0.29, 0.717) is 40.1 Å². The van der Waals surface area contributed by atoms with Crippen molar-refractivity contribution in [2.45, 2.75) is 37.9 Å². The smallest absolute Gasteiger partial charge is 0.318 e. The molecular formula is C18H17Cl2F2N5O2. The van der Waals surface area contributed by atoms with Gasteiger partial charge in [0, 0.05) is 41.0 Å². The fourth-order valence-corrected chi connectivity index (χ4v) is 4.20. The van der Waals surface area contributed by atoms with Crippen LogP contribution < -0.4 is 11.1 Å². The van der Waals surface area contributed by atoms with E-state index in [1.807, 2.05) is 0 Å². The lowest BCUT2D eigenvalue weighted by Crippen LogP contribution is -2.55. The van der Waals surface area contributed by atoms with Crippen LogP contribution in [0.1, 0.15) is 28.9 Å². The number of carbonyl (C=O) groups excluding carboxylic acids is 2. The van der Waals surface area contributed by atoms with Gasteiger partial charge in [-0.3, -0.25) is 9.48 Å². The number of rotatable bonds is 3. The van der Waals surface area contributed by atoms with Crippen molar-refractivity contribution in [3.63, 3.8) is 0 Å². The molecule has 1 aromatic heterocycles. The highest BCUT2D eigenvalue weighted by Gasteiger charge is 2.46. The summed E-state index contributed by atoms with van der Waals surface area (Å²) in [5.74, 6) is -3.41. The summed E-state index contributed by atoms with van der Waals surface area (Å²) in [4.78, 5) is 26.1. The molecule has 1 aliphatic carbocycles. The number of halogens is 4. The van der Waals surface area contributed by atoms with Crippen molar-refractivity contribution < 1.29 is 18.4 Å². The summed E-state index contributed by atoms with van der Waals surface area (Å²) < 4.78 is 27.6. The van der Waals surface area contributed by atoms with E-state index in [0.717, 1.165) is 0 Å². The normalized spacial score (nSPS) is 18.1. The van der Waals surface area contributed by atoms with Crippen LogP contribution in [0, 0.1) is 0 Å². The van der Waals surface area contributed by atoms with E-state index >= 15 is 0 Å². The molecule has 1 aliphatic heterocycles. The molecule has 0 saturated heterocycles. The van der Waals surface area contributed by atoms with Crippen LogP contribution in [0.3, 0.4) is 0 Å². The monoisotopic (exact) mass is 443 g/mol. The Bertz CT molecular complexity index is 982. The summed E-state index contributed by atoms with van der Waals surface area (Å²) in [5, 5.41) is 7.83. The Morgan fingerprint density at radius 2 is 1.83 bits per heavy atom. The number of fused-ring (bicyclic) bond motifs is 1. The number of urea groups is 1. The van der Waals surface area contributed by atoms with E-state index in [1.54, 1.807) is 22.9 Å². The number of amides is 3. The van der Waals surface area contributed by atoms with Gasteiger partial charge in [-0.2, -0.15) is 5.10 Å². The van der Waals surface area contributed by atoms with Gasteiger partial charge >= 0.3 is 6.03 Å². The largest absolute Gasteiger partial charge is 0.365 e. The van der Waals surface area contributed by atoms with Gasteiger partial charge in [-0.1, -0.05) is 23.2 Å². The number of carbonyl (C=O) groups is 2. The van der Waals surface area contributed by atoms with Crippen molar-refractivity contribution in [2.24, 2.45) is 5.73 Å². The fourth-order valence-electron chi connectivity index (χ4n) is 3.67. The summed E-state index contributed by atoms with van der Waals surface area (Å²) in [5.41, 5.74) is 7.12. The second kappa shape index (κ2) is 7.14. The lowest BCUT2D eigenvalue weighted by Gasteiger charge is -2.37. The molecule has 0 unspecified atom stereocenters. The van der Waals surface area contributed by atoms with Crippen LogP contribution in [0.15, 0.2) is 18.2 Å². The maximum absolute atomic E-state index is 13.0. The molecule has 3 amide bonds. The summed E-state index contributed by atoms with van der Waals surface area (Å²) in [7, 11) is 0. The number of nitrogens with two attached hydrogens (primary N) is 1. The van der Waals surface area contributed by atoms with Gasteiger partial charge in [-0.25, -0.2) is 13.6 Å². The van der Waals surface area contributed by atoms with Crippen molar-refractivity contribution in [3.05, 3.63) is 39.5 Å². The lowest BCUT2D eigenvalue weighted by atomic mass is 9.88. The Morgan fingerprint density at radius 1 is 1.17 bits per heavy atom. The molecule has 0 bridgehead atoms. The Labute approximate surface area is 174 Å². The number of primary amides is 1. The van der Waals surface area contributed by atoms with Gasteiger partial charge in [-0.15, -0.1) is 0 Å². The maximum atomic E-state index is 13.0. The molecule has 0 radical (unpaired) electrons. The maximum Gasteiger partial charge on any atom is 0.318 e. The lowest BCUT2D eigenvalue weighted by molar-refractivity contribution is -0.0903. The third-order valence-corrected chi connectivity index (χ3v) is 5.50. The highest BCUT2D eigenvalue weighted by molar-refractivity contribution is 6.35. The molecule has 29 heavy (non-hydrogen) atoms. The van der Waals surface area contributed by atoms with Crippen LogP contribution in [0.5, 0.6) is 0 Å². The molecule has 1 aromatic carbocycles. The summed E-state index contributed by atoms with van der Waals surface area (Å²) in [6.45, 7) is 0.726. The Hall–Kier alpha value is -2.39. The first-order valence-electron chi connectivity index (χ1n) is 8.92. The first-order chi connectivity index (χ1) is 13.6. The van der Waals surface area contributed by atoms with E-state index in [-0.39, 0.29) is 24.9 Å². The van der Waals surface area contributed by atoms with Gasteiger partial charge in [0.2, 0.25) is 0 Å². The van der Waals surface area contributed by atoms with Crippen LogP contribution in [0.2, 0.25) is 10.0 Å². The topological polar surface area (TPSA) is 93.2 Å². The molecule has 154 valence electrons. The number of nitrogens with zero attached hydrogens (tertiary/aromatic N) is 3. The molecule has 2 aliphatic rings. The zero-order chi connectivity index (χ0) is 20.9. The molecule has 7 nitrogen and oxygen atoms in total. The highest BCUT2D eigenvalue weighted by atomic mass is 35.5. The van der Waals surface area contributed by atoms with Gasteiger partial charge in [0.05, 0.1) is 24.3 Å². The van der Waals surface area contributed by atoms with Crippen LogP contribution >= 0.6 is 23.2 Å². The first kappa shape index (κ1) is 19.9. The molecule has 2 aromatic rings. The van der Waals surface area contributed by atoms with E-state index in [4.69, 9.17) is 28.9 Å². The summed E-state index contributed by atoms with van der Waals surface area (Å²) in [6, 6.07) is 3.79. The minimum absolute atomic E-state index is 0.0779. The van der Waals surface area contributed by atoms with Gasteiger partial charge < -0.3 is 16.0 Å². The molecule has 1 saturated carbocycles. The third-order valence-electron chi connectivity index (χ3n) is 5.07. The van der Waals surface area contributed by atoms with E-state index in [9.17, 15) is 18.4 Å². The first-order valence-corrected chi connectivity index (χ1v) is 9.68. The molecule has 3 N–H and O–H groups in total. The predicted molar refractivity (Wildman–Crippen MR) is 103 cm³/mol. The third kappa shape index (κ3) is 3.89. The molecule has 2 heterocycles. The van der Waals surface area contributed by atoms with Gasteiger partial charge in [0.1, 0.15) is 5.69 Å². The SMILES string of the molecule is NC(=O)c1c(-c2cc(Cl)cc(Cl)c2)nn2c1CN(C(=O)NC1CC(F)(F)C1)CC2. The van der Waals surface area contributed by atoms with E-state index in [1.165, 1.54) is 4.90 Å². The zero-order valence-electron chi connectivity index (χ0n) is 15.1. The average molecular weight is 444 g/mol. The van der Waals surface area contributed by atoms with Crippen LogP contribution in [0.4, 0.5) is 13.6 Å². The fraction of sp³-hybridized carbons (Fsp3) is 0.389. The molecular weight excluding hydrogens is 427 g/mol. The Kier molecular flexibility index (Phi) is 4.90. The molecule has 4 rings (SSSR count). The van der Waals surface area contributed by atoms with Crippen LogP contribution in [0.25, 0.3) is 11.3 Å². The van der Waals surface area contributed by atoms with Crippen molar-refractivity contribution in [1.82, 2.24) is 20.0 Å². The number of hydrogen-bond acceptors (Lipinski definition) is 3. The van der Waals surface area contributed by atoms with E-state index in [2.05, 4.69) is 10.4 Å². The second-order valence-corrected chi connectivity index (χ2v) is 8.12. The van der Waals surface area contributed by atoms with Crippen molar-refractivity contribution in [1.29, 1.82) is 0 Å². The molecule has 1 fully saturated rings. The highest BCUT2D eigenvalue weighted by Crippen LogP contribution is 2.37. The van der Waals surface area contributed by atoms with Gasteiger partial charge in [0.25, 0.3) is 11.8 Å². The summed E-state index contributed by atoms with van der Waals surface area (Å²) >= 11 is 12.1. The van der Waals surface area contributed by atoms with Crippen LogP contribution in [-0.4, -0.2) is 45.1 Å². The van der Waals surface area contributed by atoms with Crippen molar-refractivity contribution in [2.75, 3.05) is 6.54 Å². The number of aromatic nitrogens is 2. The second-order valence-electron chi connectivity index (χ2n) is 7.25. The van der Waals surface area contributed by atoms with Gasteiger partial charge in [-0.05, 0) is 18.2 Å². The van der Waals surface area contributed by atoms with Crippen molar-refractivity contribution in [3.8, 4) is 11.3 Å². The number of benzene rings is 1. The molecule has 11 heteroatoms. The zero-order valence-corrected chi connectivity index (χ0v) is 16.6. The molecule has 0 atom stereocenters. The minimum atomic E-state index is -2.72.